The molecule has 3 rings (SSSR count). The standard InChI is InChI=1S/C15H18FNO/c1-2-3-4-5-13-10-14-9-11-8-12(16)6-7-15(11)17(13)18-14/h4-8,13-14H,2-3,9-10H2,1H3/b5-4+/t13-,14+/m1/s1. The molecular weight excluding hydrogens is 229 g/mol. The van der Waals surface area contributed by atoms with Crippen LogP contribution in [0.15, 0.2) is 30.4 Å². The van der Waals surface area contributed by atoms with E-state index in [1.165, 1.54) is 6.07 Å². The Morgan fingerprint density at radius 2 is 2.39 bits per heavy atom. The van der Waals surface area contributed by atoms with Crippen LogP contribution in [-0.2, 0) is 11.3 Å². The van der Waals surface area contributed by atoms with Gasteiger partial charge in [0.2, 0.25) is 0 Å². The summed E-state index contributed by atoms with van der Waals surface area (Å²) < 4.78 is 13.2. The van der Waals surface area contributed by atoms with Crippen molar-refractivity contribution in [2.24, 2.45) is 0 Å². The van der Waals surface area contributed by atoms with Crippen LogP contribution in [0.5, 0.6) is 0 Å². The molecule has 2 nitrogen and oxygen atoms in total. The van der Waals surface area contributed by atoms with Crippen LogP contribution in [0.1, 0.15) is 31.7 Å². The Balaban J connectivity index is 1.86. The molecule has 2 heterocycles. The van der Waals surface area contributed by atoms with Gasteiger partial charge in [-0.05, 0) is 30.2 Å². The molecule has 2 aliphatic rings. The lowest BCUT2D eigenvalue weighted by molar-refractivity contribution is 0.0751. The summed E-state index contributed by atoms with van der Waals surface area (Å²) >= 11 is 0. The Labute approximate surface area is 107 Å². The second-order valence-corrected chi connectivity index (χ2v) is 5.05. The number of fused-ring (bicyclic) bond motifs is 4. The Kier molecular flexibility index (Phi) is 3.08. The first-order valence-corrected chi connectivity index (χ1v) is 6.69. The number of benzene rings is 1. The molecule has 1 fully saturated rings. The van der Waals surface area contributed by atoms with E-state index in [4.69, 9.17) is 4.84 Å². The fraction of sp³-hybridized carbons (Fsp3) is 0.467. The monoisotopic (exact) mass is 247 g/mol. The van der Waals surface area contributed by atoms with Crippen molar-refractivity contribution in [2.75, 3.05) is 5.06 Å². The van der Waals surface area contributed by atoms with E-state index in [9.17, 15) is 4.39 Å². The molecule has 1 aromatic carbocycles. The van der Waals surface area contributed by atoms with Gasteiger partial charge < -0.3 is 0 Å². The number of anilines is 1. The lowest BCUT2D eigenvalue weighted by Crippen LogP contribution is -2.30. The van der Waals surface area contributed by atoms with Crippen molar-refractivity contribution < 1.29 is 9.23 Å². The minimum Gasteiger partial charge on any atom is -0.269 e. The van der Waals surface area contributed by atoms with Gasteiger partial charge in [0.1, 0.15) is 5.82 Å². The number of nitrogens with zero attached hydrogens (tertiary/aromatic N) is 1. The molecule has 0 amide bonds. The smallest absolute Gasteiger partial charge is 0.123 e. The summed E-state index contributed by atoms with van der Waals surface area (Å²) in [6.07, 6.45) is 8.73. The summed E-state index contributed by atoms with van der Waals surface area (Å²) in [7, 11) is 0. The Bertz CT molecular complexity index is 472. The predicted molar refractivity (Wildman–Crippen MR) is 69.9 cm³/mol. The van der Waals surface area contributed by atoms with Gasteiger partial charge in [-0.1, -0.05) is 25.5 Å². The van der Waals surface area contributed by atoms with Crippen LogP contribution >= 0.6 is 0 Å². The van der Waals surface area contributed by atoms with Crippen molar-refractivity contribution in [3.8, 4) is 0 Å². The van der Waals surface area contributed by atoms with Crippen molar-refractivity contribution in [1.82, 2.24) is 0 Å². The van der Waals surface area contributed by atoms with Gasteiger partial charge in [-0.15, -0.1) is 0 Å². The SMILES string of the molecule is CCC/C=C/[C@@H]1C[C@@H]2Cc3cc(F)ccc3N1O2. The highest BCUT2D eigenvalue weighted by Crippen LogP contribution is 2.38. The number of rotatable bonds is 3. The first-order chi connectivity index (χ1) is 8.78. The van der Waals surface area contributed by atoms with Gasteiger partial charge in [0.25, 0.3) is 0 Å². The average Bonchev–Trinajstić information content (AvgIpc) is 2.67. The van der Waals surface area contributed by atoms with E-state index in [0.717, 1.165) is 36.9 Å². The van der Waals surface area contributed by atoms with Crippen molar-refractivity contribution in [3.63, 3.8) is 0 Å². The van der Waals surface area contributed by atoms with Gasteiger partial charge in [-0.2, -0.15) is 0 Å². The molecular formula is C15H18FNO. The lowest BCUT2D eigenvalue weighted by atomic mass is 10.0. The molecule has 2 aliphatic heterocycles. The van der Waals surface area contributed by atoms with Crippen LogP contribution in [0.4, 0.5) is 10.1 Å². The molecule has 0 radical (unpaired) electrons. The number of halogens is 1. The Morgan fingerprint density at radius 3 is 3.22 bits per heavy atom. The second-order valence-electron chi connectivity index (χ2n) is 5.05. The molecule has 1 aromatic rings. The van der Waals surface area contributed by atoms with Crippen LogP contribution in [0, 0.1) is 5.82 Å². The largest absolute Gasteiger partial charge is 0.269 e. The van der Waals surface area contributed by atoms with Crippen LogP contribution in [-0.4, -0.2) is 12.1 Å². The highest BCUT2D eigenvalue weighted by Gasteiger charge is 2.37. The van der Waals surface area contributed by atoms with Gasteiger partial charge in [0.05, 0.1) is 17.8 Å². The maximum Gasteiger partial charge on any atom is 0.123 e. The van der Waals surface area contributed by atoms with E-state index in [0.29, 0.717) is 6.04 Å². The highest BCUT2D eigenvalue weighted by molar-refractivity contribution is 5.56. The average molecular weight is 247 g/mol. The van der Waals surface area contributed by atoms with Crippen LogP contribution < -0.4 is 5.06 Å². The predicted octanol–water partition coefficient (Wildman–Crippen LogP) is 3.62. The van der Waals surface area contributed by atoms with Crippen LogP contribution in [0.3, 0.4) is 0 Å². The molecule has 0 spiro atoms. The molecule has 0 N–H and O–H groups in total. The molecule has 96 valence electrons. The molecule has 1 saturated heterocycles. The number of hydrogen-bond acceptors (Lipinski definition) is 2. The first-order valence-electron chi connectivity index (χ1n) is 6.69. The maximum atomic E-state index is 13.2. The topological polar surface area (TPSA) is 12.5 Å². The summed E-state index contributed by atoms with van der Waals surface area (Å²) in [5.74, 6) is -0.158. The van der Waals surface area contributed by atoms with Crippen LogP contribution in [0.25, 0.3) is 0 Å². The fourth-order valence-corrected chi connectivity index (χ4v) is 2.76. The number of hydrogen-bond donors (Lipinski definition) is 0. The van der Waals surface area contributed by atoms with Crippen molar-refractivity contribution in [2.45, 2.75) is 44.8 Å². The van der Waals surface area contributed by atoms with Gasteiger partial charge >= 0.3 is 0 Å². The highest BCUT2D eigenvalue weighted by atomic mass is 19.1. The summed E-state index contributed by atoms with van der Waals surface area (Å²) in [5, 5.41) is 1.95. The van der Waals surface area contributed by atoms with Gasteiger partial charge in [0, 0.05) is 12.8 Å². The number of hydroxylamine groups is 1. The summed E-state index contributed by atoms with van der Waals surface area (Å²) in [6, 6.07) is 5.27. The summed E-state index contributed by atoms with van der Waals surface area (Å²) in [4.78, 5) is 5.87. The van der Waals surface area contributed by atoms with Gasteiger partial charge in [0.15, 0.2) is 0 Å². The summed E-state index contributed by atoms with van der Waals surface area (Å²) in [6.45, 7) is 2.17. The fourth-order valence-electron chi connectivity index (χ4n) is 2.76. The second kappa shape index (κ2) is 4.73. The first kappa shape index (κ1) is 11.7. The minimum atomic E-state index is -0.158. The molecule has 2 atom stereocenters. The number of allylic oxidation sites excluding steroid dienone is 1. The third kappa shape index (κ3) is 2.03. The Morgan fingerprint density at radius 1 is 1.50 bits per heavy atom. The van der Waals surface area contributed by atoms with E-state index >= 15 is 0 Å². The molecule has 0 aromatic heterocycles. The third-order valence-corrected chi connectivity index (χ3v) is 3.61. The van der Waals surface area contributed by atoms with Crippen LogP contribution in [0.2, 0.25) is 0 Å². The van der Waals surface area contributed by atoms with E-state index in [2.05, 4.69) is 19.1 Å². The van der Waals surface area contributed by atoms with Crippen molar-refractivity contribution in [1.29, 1.82) is 0 Å². The lowest BCUT2D eigenvalue weighted by Gasteiger charge is -2.29. The van der Waals surface area contributed by atoms with E-state index in [-0.39, 0.29) is 11.9 Å². The van der Waals surface area contributed by atoms with Crippen molar-refractivity contribution >= 4 is 5.69 Å². The number of unbranched alkanes of at least 4 members (excludes halogenated alkanes) is 1. The van der Waals surface area contributed by atoms with Crippen molar-refractivity contribution in [3.05, 3.63) is 41.7 Å². The molecule has 0 saturated carbocycles. The third-order valence-electron chi connectivity index (χ3n) is 3.61. The van der Waals surface area contributed by atoms with Gasteiger partial charge in [-0.3, -0.25) is 4.84 Å². The summed E-state index contributed by atoms with van der Waals surface area (Å²) in [5.41, 5.74) is 2.09. The zero-order valence-corrected chi connectivity index (χ0v) is 10.6. The molecule has 0 aliphatic carbocycles. The molecule has 0 unspecified atom stereocenters. The van der Waals surface area contributed by atoms with Gasteiger partial charge in [-0.25, -0.2) is 9.45 Å². The minimum absolute atomic E-state index is 0.158. The Hall–Kier alpha value is -1.35. The van der Waals surface area contributed by atoms with E-state index in [1.54, 1.807) is 6.07 Å². The molecule has 3 heteroatoms. The zero-order valence-electron chi connectivity index (χ0n) is 10.6. The molecule has 18 heavy (non-hydrogen) atoms. The normalized spacial score (nSPS) is 25.8. The molecule has 2 bridgehead atoms. The maximum absolute atomic E-state index is 13.2. The quantitative estimate of drug-likeness (QED) is 0.756. The van der Waals surface area contributed by atoms with E-state index < -0.39 is 0 Å². The zero-order chi connectivity index (χ0) is 12.5. The van der Waals surface area contributed by atoms with E-state index in [1.807, 2.05) is 11.1 Å².